The molecule has 5 heteroatoms. The summed E-state index contributed by atoms with van der Waals surface area (Å²) < 4.78 is 19.4. The van der Waals surface area contributed by atoms with Crippen LogP contribution in [0, 0.1) is 5.82 Å². The summed E-state index contributed by atoms with van der Waals surface area (Å²) in [6.45, 7) is 9.71. The van der Waals surface area contributed by atoms with Gasteiger partial charge in [0.05, 0.1) is 0 Å². The number of ether oxygens (including phenoxy) is 1. The number of halogens is 1. The molecule has 1 N–H and O–H groups in total. The van der Waals surface area contributed by atoms with Crippen molar-refractivity contribution in [3.05, 3.63) is 29.6 Å². The molecule has 0 aromatic heterocycles. The molecule has 0 bridgehead atoms. The highest BCUT2D eigenvalue weighted by Crippen LogP contribution is 2.21. The number of nitrogens with zero attached hydrogens (tertiary/aromatic N) is 1. The van der Waals surface area contributed by atoms with Crippen LogP contribution in [0.15, 0.2) is 18.2 Å². The van der Waals surface area contributed by atoms with Crippen molar-refractivity contribution in [2.75, 3.05) is 26.2 Å². The molecule has 0 saturated heterocycles. The van der Waals surface area contributed by atoms with Crippen molar-refractivity contribution in [2.24, 2.45) is 0 Å². The maximum atomic E-state index is 14.0. The molecule has 0 heterocycles. The third-order valence-corrected chi connectivity index (χ3v) is 3.43. The van der Waals surface area contributed by atoms with E-state index in [1.807, 2.05) is 27.7 Å². The fraction of sp³-hybridized carbons (Fsp3) is 0.562. The lowest BCUT2D eigenvalue weighted by Crippen LogP contribution is -2.34. The minimum atomic E-state index is -0.323. The summed E-state index contributed by atoms with van der Waals surface area (Å²) in [5.74, 6) is -0.0396. The molecule has 1 aromatic carbocycles. The van der Waals surface area contributed by atoms with Crippen molar-refractivity contribution in [1.29, 1.82) is 0 Å². The average Bonchev–Trinajstić information content (AvgIpc) is 2.46. The maximum Gasteiger partial charge on any atom is 0.260 e. The molecule has 4 nitrogen and oxygen atoms in total. The van der Waals surface area contributed by atoms with E-state index in [4.69, 9.17) is 4.74 Å². The summed E-state index contributed by atoms with van der Waals surface area (Å²) in [4.78, 5) is 13.5. The van der Waals surface area contributed by atoms with E-state index < -0.39 is 0 Å². The monoisotopic (exact) mass is 296 g/mol. The van der Waals surface area contributed by atoms with Gasteiger partial charge in [0.25, 0.3) is 5.91 Å². The van der Waals surface area contributed by atoms with E-state index in [0.717, 1.165) is 6.54 Å². The molecule has 0 aliphatic rings. The van der Waals surface area contributed by atoms with Gasteiger partial charge in [0.15, 0.2) is 6.61 Å². The molecule has 0 aliphatic heterocycles. The summed E-state index contributed by atoms with van der Waals surface area (Å²) >= 11 is 0. The van der Waals surface area contributed by atoms with Gasteiger partial charge >= 0.3 is 0 Å². The highest BCUT2D eigenvalue weighted by Gasteiger charge is 2.13. The molecule has 1 rings (SSSR count). The highest BCUT2D eigenvalue weighted by atomic mass is 19.1. The first-order chi connectivity index (χ1) is 10.0. The van der Waals surface area contributed by atoms with E-state index in [1.165, 1.54) is 6.07 Å². The van der Waals surface area contributed by atoms with Gasteiger partial charge in [-0.3, -0.25) is 4.79 Å². The number of hydrogen-bond donors (Lipinski definition) is 1. The van der Waals surface area contributed by atoms with Gasteiger partial charge < -0.3 is 15.0 Å². The van der Waals surface area contributed by atoms with E-state index in [9.17, 15) is 9.18 Å². The Hall–Kier alpha value is -1.62. The molecule has 0 aliphatic carbocycles. The van der Waals surface area contributed by atoms with Gasteiger partial charge in [0, 0.05) is 30.8 Å². The second-order valence-corrected chi connectivity index (χ2v) is 4.82. The summed E-state index contributed by atoms with van der Waals surface area (Å²) in [7, 11) is 0. The van der Waals surface area contributed by atoms with Crippen molar-refractivity contribution < 1.29 is 13.9 Å². The summed E-state index contributed by atoms with van der Waals surface area (Å²) in [5.41, 5.74) is 0.597. The molecule has 1 aromatic rings. The van der Waals surface area contributed by atoms with Crippen LogP contribution in [0.5, 0.6) is 5.75 Å². The molecule has 21 heavy (non-hydrogen) atoms. The molecule has 0 spiro atoms. The van der Waals surface area contributed by atoms with Crippen molar-refractivity contribution >= 4 is 5.91 Å². The number of amides is 1. The van der Waals surface area contributed by atoms with Crippen molar-refractivity contribution in [1.82, 2.24) is 10.2 Å². The molecule has 0 saturated carbocycles. The zero-order chi connectivity index (χ0) is 15.8. The minimum absolute atomic E-state index is 0.0543. The van der Waals surface area contributed by atoms with E-state index >= 15 is 0 Å². The van der Waals surface area contributed by atoms with Gasteiger partial charge in [0.2, 0.25) is 0 Å². The van der Waals surface area contributed by atoms with Crippen LogP contribution in [0.2, 0.25) is 0 Å². The van der Waals surface area contributed by atoms with Crippen LogP contribution in [-0.4, -0.2) is 37.0 Å². The summed E-state index contributed by atoms with van der Waals surface area (Å²) in [5, 5.41) is 3.16. The molecule has 1 atom stereocenters. The van der Waals surface area contributed by atoms with Crippen LogP contribution < -0.4 is 10.1 Å². The van der Waals surface area contributed by atoms with E-state index in [0.29, 0.717) is 24.4 Å². The Labute approximate surface area is 126 Å². The minimum Gasteiger partial charge on any atom is -0.484 e. The Kier molecular flexibility index (Phi) is 7.15. The zero-order valence-corrected chi connectivity index (χ0v) is 13.3. The normalized spacial score (nSPS) is 12.0. The predicted molar refractivity (Wildman–Crippen MR) is 81.9 cm³/mol. The van der Waals surface area contributed by atoms with E-state index in [1.54, 1.807) is 17.0 Å². The number of benzene rings is 1. The lowest BCUT2D eigenvalue weighted by molar-refractivity contribution is -0.132. The summed E-state index contributed by atoms with van der Waals surface area (Å²) in [6, 6.07) is 4.67. The van der Waals surface area contributed by atoms with Crippen molar-refractivity contribution in [2.45, 2.75) is 33.7 Å². The molecule has 1 unspecified atom stereocenters. The molecular weight excluding hydrogens is 271 g/mol. The number of likely N-dealkylation sites (N-methyl/N-ethyl adjacent to an activating group) is 1. The van der Waals surface area contributed by atoms with Crippen molar-refractivity contribution in [3.8, 4) is 5.75 Å². The van der Waals surface area contributed by atoms with Crippen LogP contribution in [-0.2, 0) is 4.79 Å². The van der Waals surface area contributed by atoms with Gasteiger partial charge in [0.1, 0.15) is 11.6 Å². The Bertz CT molecular complexity index is 462. The smallest absolute Gasteiger partial charge is 0.260 e. The SMILES string of the molecule is CCNC(C)c1ccc(OCC(=O)N(CC)CC)cc1F. The second kappa shape index (κ2) is 8.62. The zero-order valence-electron chi connectivity index (χ0n) is 13.3. The largest absolute Gasteiger partial charge is 0.484 e. The molecule has 1 amide bonds. The standard InChI is InChI=1S/C16H25FN2O2/c1-5-18-12(4)14-9-8-13(10-15(14)17)21-11-16(20)19(6-2)7-3/h8-10,12,18H,5-7,11H2,1-4H3. The quantitative estimate of drug-likeness (QED) is 0.802. The topological polar surface area (TPSA) is 41.6 Å². The van der Waals surface area contributed by atoms with Crippen LogP contribution in [0.3, 0.4) is 0 Å². The van der Waals surface area contributed by atoms with Crippen molar-refractivity contribution in [3.63, 3.8) is 0 Å². The average molecular weight is 296 g/mol. The first-order valence-corrected chi connectivity index (χ1v) is 7.46. The van der Waals surface area contributed by atoms with E-state index in [2.05, 4.69) is 5.32 Å². The first-order valence-electron chi connectivity index (χ1n) is 7.46. The fourth-order valence-corrected chi connectivity index (χ4v) is 2.18. The number of nitrogens with one attached hydrogen (secondary N) is 1. The molecule has 118 valence electrons. The van der Waals surface area contributed by atoms with Crippen LogP contribution in [0.4, 0.5) is 4.39 Å². The highest BCUT2D eigenvalue weighted by molar-refractivity contribution is 5.77. The van der Waals surface area contributed by atoms with Gasteiger partial charge in [-0.15, -0.1) is 0 Å². The van der Waals surface area contributed by atoms with E-state index in [-0.39, 0.29) is 24.4 Å². The van der Waals surface area contributed by atoms with Gasteiger partial charge in [-0.2, -0.15) is 0 Å². The Balaban J connectivity index is 2.66. The first kappa shape index (κ1) is 17.4. The Morgan fingerprint density at radius 2 is 2.00 bits per heavy atom. The third kappa shape index (κ3) is 5.01. The van der Waals surface area contributed by atoms with Crippen LogP contribution >= 0.6 is 0 Å². The number of rotatable bonds is 8. The van der Waals surface area contributed by atoms with Crippen LogP contribution in [0.1, 0.15) is 39.3 Å². The van der Waals surface area contributed by atoms with Gasteiger partial charge in [-0.05, 0) is 33.4 Å². The predicted octanol–water partition coefficient (Wildman–Crippen LogP) is 2.74. The lowest BCUT2D eigenvalue weighted by Gasteiger charge is -2.19. The molecule has 0 fully saturated rings. The second-order valence-electron chi connectivity index (χ2n) is 4.82. The van der Waals surface area contributed by atoms with Gasteiger partial charge in [-0.1, -0.05) is 13.0 Å². The number of carbonyl (C=O) groups is 1. The molecule has 0 radical (unpaired) electrons. The third-order valence-electron chi connectivity index (χ3n) is 3.43. The Morgan fingerprint density at radius 1 is 1.33 bits per heavy atom. The number of carbonyl (C=O) groups excluding carboxylic acids is 1. The number of hydrogen-bond acceptors (Lipinski definition) is 3. The Morgan fingerprint density at radius 3 is 2.52 bits per heavy atom. The molecular formula is C16H25FN2O2. The summed E-state index contributed by atoms with van der Waals surface area (Å²) in [6.07, 6.45) is 0. The lowest BCUT2D eigenvalue weighted by atomic mass is 10.1. The van der Waals surface area contributed by atoms with Gasteiger partial charge in [-0.25, -0.2) is 4.39 Å². The maximum absolute atomic E-state index is 14.0. The fourth-order valence-electron chi connectivity index (χ4n) is 2.18. The van der Waals surface area contributed by atoms with Crippen LogP contribution in [0.25, 0.3) is 0 Å².